The zero-order valence-corrected chi connectivity index (χ0v) is 31.9. The van der Waals surface area contributed by atoms with Crippen molar-refractivity contribution in [1.29, 1.82) is 0 Å². The highest BCUT2D eigenvalue weighted by Gasteiger charge is 2.59. The Morgan fingerprint density at radius 3 is 2.06 bits per heavy atom. The molecule has 3 aromatic rings. The first-order valence-electron chi connectivity index (χ1n) is 15.6. The van der Waals surface area contributed by atoms with E-state index in [0.29, 0.717) is 34.0 Å². The number of hydrogen-bond donors (Lipinski definition) is 4. The van der Waals surface area contributed by atoms with E-state index in [1.165, 1.54) is 25.3 Å². The topological polar surface area (TPSA) is 185 Å². The van der Waals surface area contributed by atoms with Crippen LogP contribution >= 0.6 is 0 Å². The first kappa shape index (κ1) is 38.8. The number of likely N-dealkylation sites (N-methyl/N-ethyl adjacent to an activating group) is 1. The first-order chi connectivity index (χ1) is 22.9. The van der Waals surface area contributed by atoms with Crippen molar-refractivity contribution >= 4 is 43.0 Å². The fourth-order valence-corrected chi connectivity index (χ4v) is 7.14. The van der Waals surface area contributed by atoms with Crippen molar-refractivity contribution in [2.75, 3.05) is 48.7 Å². The molecule has 0 spiro atoms. The van der Waals surface area contributed by atoms with Crippen LogP contribution in [0.1, 0.15) is 70.0 Å². The number of amides is 1. The van der Waals surface area contributed by atoms with Crippen LogP contribution in [0, 0.1) is 0 Å². The first-order valence-corrected chi connectivity index (χ1v) is 19.4. The van der Waals surface area contributed by atoms with E-state index >= 15 is 0 Å². The van der Waals surface area contributed by atoms with E-state index in [1.807, 2.05) is 53.7 Å². The van der Waals surface area contributed by atoms with Crippen molar-refractivity contribution in [3.8, 4) is 17.2 Å². The highest BCUT2D eigenvalue weighted by molar-refractivity contribution is 7.92. The third kappa shape index (κ3) is 7.99. The third-order valence-corrected chi connectivity index (χ3v) is 9.61. The Kier molecular flexibility index (Phi) is 10.6. The number of aliphatic hydroxyl groups excluding tert-OH is 1. The van der Waals surface area contributed by atoms with Crippen LogP contribution in [0.25, 0.3) is 0 Å². The Labute approximate surface area is 294 Å². The fourth-order valence-electron chi connectivity index (χ4n) is 5.87. The molecule has 2 unspecified atom stereocenters. The van der Waals surface area contributed by atoms with Crippen LogP contribution in [-0.4, -0.2) is 72.3 Å². The van der Waals surface area contributed by atoms with Crippen LogP contribution < -0.4 is 29.1 Å². The molecule has 0 bridgehead atoms. The summed E-state index contributed by atoms with van der Waals surface area (Å²) in [4.78, 5) is 20.4. The summed E-state index contributed by atoms with van der Waals surface area (Å²) in [5, 5.41) is 12.5. The van der Waals surface area contributed by atoms with Crippen molar-refractivity contribution in [3.63, 3.8) is 0 Å². The molecule has 16 heteroatoms. The molecule has 0 aliphatic carbocycles. The van der Waals surface area contributed by atoms with Crippen molar-refractivity contribution in [2.24, 2.45) is 0 Å². The van der Waals surface area contributed by atoms with Crippen molar-refractivity contribution in [3.05, 3.63) is 65.0 Å². The number of benzene rings is 2. The minimum atomic E-state index is -3.97. The van der Waals surface area contributed by atoms with Gasteiger partial charge in [-0.25, -0.2) is 21.6 Å². The number of pyridine rings is 1. The van der Waals surface area contributed by atoms with E-state index in [-0.39, 0.29) is 23.7 Å². The summed E-state index contributed by atoms with van der Waals surface area (Å²) < 4.78 is 73.8. The lowest BCUT2D eigenvalue weighted by Crippen LogP contribution is -2.61. The van der Waals surface area contributed by atoms with Gasteiger partial charge in [-0.15, -0.1) is 0 Å². The van der Waals surface area contributed by atoms with Gasteiger partial charge in [0, 0.05) is 32.0 Å². The van der Waals surface area contributed by atoms with E-state index in [9.17, 15) is 26.7 Å². The maximum absolute atomic E-state index is 14.8. The molecule has 1 amide bonds. The lowest BCUT2D eigenvalue weighted by molar-refractivity contribution is -0.139. The average molecular weight is 734 g/mol. The molecule has 50 heavy (non-hydrogen) atoms. The van der Waals surface area contributed by atoms with Crippen LogP contribution in [-0.2, 0) is 47.0 Å². The van der Waals surface area contributed by atoms with E-state index in [2.05, 4.69) is 19.7 Å². The summed E-state index contributed by atoms with van der Waals surface area (Å²) in [5.74, 6) is -0.106. The Morgan fingerprint density at radius 2 is 1.54 bits per heavy atom. The summed E-state index contributed by atoms with van der Waals surface area (Å²) in [7, 11) is -3.52. The highest BCUT2D eigenvalue weighted by Crippen LogP contribution is 2.53. The molecular formula is C34H47N5O9S2. The molecule has 1 aromatic heterocycles. The Morgan fingerprint density at radius 1 is 0.940 bits per heavy atom. The van der Waals surface area contributed by atoms with Crippen molar-refractivity contribution in [1.82, 2.24) is 9.71 Å². The monoisotopic (exact) mass is 733 g/mol. The van der Waals surface area contributed by atoms with Crippen LogP contribution in [0.5, 0.6) is 17.2 Å². The van der Waals surface area contributed by atoms with Gasteiger partial charge in [-0.2, -0.15) is 0 Å². The molecule has 4 N–H and O–H groups in total. The molecule has 2 heterocycles. The second kappa shape index (κ2) is 13.6. The number of nitrogens with one attached hydrogen (secondary N) is 3. The summed E-state index contributed by atoms with van der Waals surface area (Å²) in [6, 6.07) is 8.82. The van der Waals surface area contributed by atoms with Gasteiger partial charge in [-0.1, -0.05) is 47.6 Å². The van der Waals surface area contributed by atoms with Crippen LogP contribution in [0.2, 0.25) is 0 Å². The SMILES string of the molecule is COc1c(NC(=O)C2(OC)C(NS(C)(=O)=O)c3cc(C(C)(C)C)cc(Oc4ccnc(CO)c4)c3N2C)cc(C(C)(C)C)cc1NS(C)(=O)=O. The minimum absolute atomic E-state index is 0.0326. The highest BCUT2D eigenvalue weighted by atomic mass is 32.2. The van der Waals surface area contributed by atoms with Gasteiger partial charge in [0.2, 0.25) is 25.8 Å². The zero-order chi connectivity index (χ0) is 37.6. The van der Waals surface area contributed by atoms with Crippen molar-refractivity contribution < 1.29 is 40.9 Å². The number of hydrogen-bond acceptors (Lipinski definition) is 11. The maximum atomic E-state index is 14.8. The normalized spacial score (nSPS) is 18.1. The second-order valence-corrected chi connectivity index (χ2v) is 17.9. The number of aliphatic hydroxyl groups is 1. The zero-order valence-electron chi connectivity index (χ0n) is 30.3. The van der Waals surface area contributed by atoms with E-state index in [0.717, 1.165) is 18.1 Å². The van der Waals surface area contributed by atoms with E-state index < -0.39 is 48.6 Å². The lowest BCUT2D eigenvalue weighted by Gasteiger charge is -2.39. The molecule has 2 aromatic carbocycles. The van der Waals surface area contributed by atoms with Crippen LogP contribution in [0.3, 0.4) is 0 Å². The van der Waals surface area contributed by atoms with Crippen molar-refractivity contribution in [2.45, 2.75) is 70.7 Å². The Bertz CT molecular complexity index is 2010. The summed E-state index contributed by atoms with van der Waals surface area (Å²) in [6.07, 6.45) is 3.48. The number of anilines is 3. The number of carbonyl (C=O) groups excluding carboxylic acids is 1. The van der Waals surface area contributed by atoms with E-state index in [4.69, 9.17) is 14.2 Å². The summed E-state index contributed by atoms with van der Waals surface area (Å²) >= 11 is 0. The molecular weight excluding hydrogens is 687 g/mol. The molecule has 4 rings (SSSR count). The van der Waals surface area contributed by atoms with Gasteiger partial charge in [-0.3, -0.25) is 14.5 Å². The average Bonchev–Trinajstić information content (AvgIpc) is 3.22. The number of rotatable bonds is 11. The van der Waals surface area contributed by atoms with Gasteiger partial charge >= 0.3 is 0 Å². The number of ether oxygens (including phenoxy) is 3. The summed E-state index contributed by atoms with van der Waals surface area (Å²) in [6.45, 7) is 11.4. The maximum Gasteiger partial charge on any atom is 0.280 e. The third-order valence-electron chi connectivity index (χ3n) is 8.36. The molecule has 0 radical (unpaired) electrons. The van der Waals surface area contributed by atoms with Crippen LogP contribution in [0.15, 0.2) is 42.6 Å². The standard InChI is InChI=1S/C34H47N5O9S2/c1-32(2,3)20-14-24-28(27(17-20)48-23-12-13-35-22(18-23)19-40)39(7)34(47-9,30(24)38-50(11,44)45)31(41)36-25-15-21(33(4,5)6)16-26(29(25)46-8)37-49(10,42)43/h12-18,30,37-38,40H,19H2,1-11H3,(H,36,41). The Balaban J connectivity index is 1.98. The summed E-state index contributed by atoms with van der Waals surface area (Å²) in [5.41, 5.74) is -0.169. The van der Waals surface area contributed by atoms with Gasteiger partial charge in [0.15, 0.2) is 11.5 Å². The van der Waals surface area contributed by atoms with Gasteiger partial charge in [-0.05, 0) is 46.2 Å². The number of aromatic nitrogens is 1. The number of sulfonamides is 2. The number of methoxy groups -OCH3 is 2. The largest absolute Gasteiger partial charge is 0.492 e. The number of fused-ring (bicyclic) bond motifs is 1. The van der Waals surface area contributed by atoms with Gasteiger partial charge < -0.3 is 29.5 Å². The second-order valence-electron chi connectivity index (χ2n) is 14.4. The van der Waals surface area contributed by atoms with Crippen LogP contribution in [0.4, 0.5) is 17.1 Å². The van der Waals surface area contributed by atoms with Gasteiger partial charge in [0.05, 0.1) is 49.0 Å². The van der Waals surface area contributed by atoms with E-state index in [1.54, 1.807) is 31.3 Å². The fraction of sp³-hybridized carbons (Fsp3) is 0.471. The molecule has 14 nitrogen and oxygen atoms in total. The van der Waals surface area contributed by atoms with Gasteiger partial charge in [0.1, 0.15) is 11.8 Å². The molecule has 274 valence electrons. The minimum Gasteiger partial charge on any atom is -0.492 e. The molecule has 2 atom stereocenters. The smallest absolute Gasteiger partial charge is 0.280 e. The number of nitrogens with zero attached hydrogens (tertiary/aromatic N) is 2. The predicted octanol–water partition coefficient (Wildman–Crippen LogP) is 4.36. The van der Waals surface area contributed by atoms with Gasteiger partial charge in [0.25, 0.3) is 5.91 Å². The molecule has 0 saturated heterocycles. The molecule has 0 fully saturated rings. The lowest BCUT2D eigenvalue weighted by atomic mass is 9.84. The molecule has 1 aliphatic heterocycles. The molecule has 1 aliphatic rings. The predicted molar refractivity (Wildman–Crippen MR) is 193 cm³/mol. The Hall–Kier alpha value is -3.96. The number of carbonyl (C=O) groups is 1. The molecule has 0 saturated carbocycles. The quantitative estimate of drug-likeness (QED) is 0.220.